The van der Waals surface area contributed by atoms with Gasteiger partial charge in [-0.05, 0) is 78.1 Å². The molecule has 59 heavy (non-hydrogen) atoms. The number of carbonyl (C=O) groups is 3. The second kappa shape index (κ2) is 14.2. The zero-order valence-corrected chi connectivity index (χ0v) is 36.7. The van der Waals surface area contributed by atoms with Crippen molar-refractivity contribution >= 4 is 26.5 Å². The number of benzene rings is 2. The number of carbonyl (C=O) groups excluding carboxylic acids is 3. The van der Waals surface area contributed by atoms with Crippen molar-refractivity contribution in [3.05, 3.63) is 83.4 Å². The molecule has 0 aromatic heterocycles. The molecule has 12 heteroatoms. The molecule has 2 N–H and O–H groups in total. The molecule has 8 aliphatic rings. The second-order valence-electron chi connectivity index (χ2n) is 20.4. The topological polar surface area (TPSA) is 142 Å². The molecule has 4 aliphatic heterocycles. The molecule has 4 heterocycles. The number of ether oxygens (including phenoxy) is 6. The predicted octanol–water partition coefficient (Wildman–Crippen LogP) is 7.24. The van der Waals surface area contributed by atoms with Crippen LogP contribution in [0.5, 0.6) is 0 Å². The number of aldehydes is 1. The van der Waals surface area contributed by atoms with Gasteiger partial charge in [-0.25, -0.2) is 0 Å². The summed E-state index contributed by atoms with van der Waals surface area (Å²) in [4.78, 5) is 42.4. The van der Waals surface area contributed by atoms with Gasteiger partial charge in [-0.2, -0.15) is 0 Å². The fourth-order valence-electron chi connectivity index (χ4n) is 12.6. The monoisotopic (exact) mass is 827 g/mol. The number of primary amides is 1. The van der Waals surface area contributed by atoms with Crippen LogP contribution in [-0.4, -0.2) is 76.4 Å². The van der Waals surface area contributed by atoms with Crippen molar-refractivity contribution in [2.24, 2.45) is 51.6 Å². The van der Waals surface area contributed by atoms with Crippen LogP contribution < -0.4 is 5.73 Å². The summed E-state index contributed by atoms with van der Waals surface area (Å²) in [6, 6.07) is 19.7. The molecule has 1 amide bonds. The Morgan fingerprint density at radius 1 is 0.966 bits per heavy atom. The number of fused-ring (bicyclic) bond motifs is 2. The van der Waals surface area contributed by atoms with E-state index in [4.69, 9.17) is 38.6 Å². The van der Waals surface area contributed by atoms with Crippen molar-refractivity contribution in [2.75, 3.05) is 13.2 Å². The first-order valence-corrected chi connectivity index (χ1v) is 24.6. The van der Waals surface area contributed by atoms with Crippen LogP contribution in [0.3, 0.4) is 0 Å². The van der Waals surface area contributed by atoms with E-state index in [1.165, 1.54) is 0 Å². The Bertz CT molecular complexity index is 1960. The molecular weight excluding hydrogens is 767 g/mol. The van der Waals surface area contributed by atoms with E-state index >= 15 is 4.79 Å². The number of hydrogen-bond donors (Lipinski definition) is 1. The molecule has 318 valence electrons. The van der Waals surface area contributed by atoms with Gasteiger partial charge in [-0.3, -0.25) is 14.3 Å². The summed E-state index contributed by atoms with van der Waals surface area (Å²) in [7, 11) is -2.56. The van der Waals surface area contributed by atoms with E-state index in [-0.39, 0.29) is 47.9 Å². The van der Waals surface area contributed by atoms with Crippen molar-refractivity contribution in [1.29, 1.82) is 0 Å². The highest BCUT2D eigenvalue weighted by atomic mass is 28.4. The minimum Gasteiger partial charge on any atom is -0.452 e. The van der Waals surface area contributed by atoms with Crippen LogP contribution in [0.25, 0.3) is 0 Å². The summed E-state index contributed by atoms with van der Waals surface area (Å²) in [5.74, 6) is -2.28. The standard InChI is InChI=1S/C47H61NO10Si/c1-27(2)34-21-31-22-44(25-49)33-20-19-28(3)32(33)23-45(31,46(34,44)42(51)55-36(29-15-11-9-12-16-29)30-17-13-10-14-18-30)26-53-47-40(58-59(7,8)43(4,5)6)38-37(52-24-35(48)50)39(56-47)41(54-38)57-47/h9-18,21,25,27-28,31-33,36-41H,19-20,22-24,26H2,1-8H3,(H2,48,50). The van der Waals surface area contributed by atoms with Crippen molar-refractivity contribution in [3.8, 4) is 0 Å². The van der Waals surface area contributed by atoms with Crippen LogP contribution in [0.15, 0.2) is 72.3 Å². The fraction of sp³-hybridized carbons (Fsp3) is 0.638. The largest absolute Gasteiger partial charge is 0.452 e. The maximum Gasteiger partial charge on any atom is 0.318 e. The molecule has 11 nitrogen and oxygen atoms in total. The van der Waals surface area contributed by atoms with E-state index < -0.39 is 73.3 Å². The lowest BCUT2D eigenvalue weighted by Gasteiger charge is -2.59. The van der Waals surface area contributed by atoms with Gasteiger partial charge < -0.3 is 38.6 Å². The number of allylic oxidation sites excluding steroid dienone is 1. The zero-order valence-electron chi connectivity index (χ0n) is 35.7. The Kier molecular flexibility index (Phi) is 9.87. The maximum absolute atomic E-state index is 16.1. The molecule has 3 saturated carbocycles. The van der Waals surface area contributed by atoms with Gasteiger partial charge in [0.25, 0.3) is 0 Å². The molecule has 4 saturated heterocycles. The lowest BCUT2D eigenvalue weighted by molar-refractivity contribution is -0.445. The number of esters is 1. The van der Waals surface area contributed by atoms with Gasteiger partial charge in [0.15, 0.2) is 26.8 Å². The summed E-state index contributed by atoms with van der Waals surface area (Å²) in [6.07, 6.45) is 2.08. The molecule has 13 unspecified atom stereocenters. The van der Waals surface area contributed by atoms with E-state index in [9.17, 15) is 9.59 Å². The minimum atomic E-state index is -2.56. The Hall–Kier alpha value is -3.23. The maximum atomic E-state index is 16.1. The molecule has 7 fully saturated rings. The van der Waals surface area contributed by atoms with E-state index in [0.717, 1.165) is 35.8 Å². The zero-order chi connectivity index (χ0) is 41.9. The predicted molar refractivity (Wildman–Crippen MR) is 220 cm³/mol. The summed E-state index contributed by atoms with van der Waals surface area (Å²) in [5, 5.41) is -0.196. The third kappa shape index (κ3) is 5.76. The van der Waals surface area contributed by atoms with E-state index in [2.05, 4.69) is 60.7 Å². The van der Waals surface area contributed by atoms with E-state index in [1.807, 2.05) is 60.7 Å². The molecule has 2 aromatic rings. The average molecular weight is 828 g/mol. The molecule has 13 atom stereocenters. The highest BCUT2D eigenvalue weighted by Crippen LogP contribution is 2.83. The van der Waals surface area contributed by atoms with Gasteiger partial charge in [-0.15, -0.1) is 0 Å². The normalized spacial score (nSPS) is 40.2. The number of amides is 1. The third-order valence-corrected chi connectivity index (χ3v) is 20.6. The van der Waals surface area contributed by atoms with E-state index in [0.29, 0.717) is 18.8 Å². The molecule has 0 radical (unpaired) electrons. The van der Waals surface area contributed by atoms with Gasteiger partial charge >= 0.3 is 11.9 Å². The molecule has 2 aromatic carbocycles. The highest BCUT2D eigenvalue weighted by molar-refractivity contribution is 6.74. The van der Waals surface area contributed by atoms with Crippen molar-refractivity contribution in [2.45, 2.75) is 128 Å². The smallest absolute Gasteiger partial charge is 0.318 e. The summed E-state index contributed by atoms with van der Waals surface area (Å²) in [6.45, 7) is 17.0. The molecule has 4 aliphatic carbocycles. The second-order valence-corrected chi connectivity index (χ2v) is 25.1. The quantitative estimate of drug-likeness (QED) is 0.0897. The average Bonchev–Trinajstić information content (AvgIpc) is 3.93. The van der Waals surface area contributed by atoms with Crippen LogP contribution in [0.4, 0.5) is 0 Å². The lowest BCUT2D eigenvalue weighted by atomic mass is 9.43. The SMILES string of the molecule is CC(C)C1=CC2CC3(C=O)C4CCC(C)C4CC2(COC24OC5OC(C(OCC(N)=O)C5O2)C4O[Si](C)(C)C(C)(C)C)C13C(=O)OC(c1ccccc1)c1ccccc1. The van der Waals surface area contributed by atoms with Gasteiger partial charge in [0.1, 0.15) is 36.6 Å². The molecular formula is C47H61NO10Si. The fourth-order valence-corrected chi connectivity index (χ4v) is 13.9. The van der Waals surface area contributed by atoms with E-state index in [1.54, 1.807) is 0 Å². The Labute approximate surface area is 349 Å². The number of rotatable bonds is 14. The Morgan fingerprint density at radius 2 is 1.63 bits per heavy atom. The van der Waals surface area contributed by atoms with Crippen molar-refractivity contribution in [1.82, 2.24) is 0 Å². The van der Waals surface area contributed by atoms with Gasteiger partial charge in [0, 0.05) is 5.41 Å². The lowest BCUT2D eigenvalue weighted by Crippen LogP contribution is -2.68. The first-order valence-electron chi connectivity index (χ1n) is 21.7. The van der Waals surface area contributed by atoms with Crippen LogP contribution in [-0.2, 0) is 47.2 Å². The minimum absolute atomic E-state index is 0.0186. The Balaban J connectivity index is 1.16. The van der Waals surface area contributed by atoms with Crippen LogP contribution >= 0.6 is 0 Å². The number of nitrogens with two attached hydrogens (primary N) is 1. The van der Waals surface area contributed by atoms with Gasteiger partial charge in [-0.1, -0.05) is 120 Å². The van der Waals surface area contributed by atoms with Gasteiger partial charge in [0.2, 0.25) is 5.91 Å². The van der Waals surface area contributed by atoms with Crippen LogP contribution in [0.2, 0.25) is 18.1 Å². The van der Waals surface area contributed by atoms with Gasteiger partial charge in [0.05, 0.1) is 12.0 Å². The first-order chi connectivity index (χ1) is 27.9. The highest BCUT2D eigenvalue weighted by Gasteiger charge is 2.85. The summed E-state index contributed by atoms with van der Waals surface area (Å²) >= 11 is 0. The molecule has 0 spiro atoms. The van der Waals surface area contributed by atoms with Crippen LogP contribution in [0, 0.1) is 45.8 Å². The van der Waals surface area contributed by atoms with Crippen LogP contribution in [0.1, 0.15) is 84.5 Å². The summed E-state index contributed by atoms with van der Waals surface area (Å²) in [5.41, 5.74) is 5.00. The Morgan fingerprint density at radius 3 is 2.22 bits per heavy atom. The molecule has 8 bridgehead atoms. The third-order valence-electron chi connectivity index (χ3n) is 16.1. The molecule has 10 rings (SSSR count). The van der Waals surface area contributed by atoms with Crippen molar-refractivity contribution < 1.29 is 47.2 Å². The first kappa shape index (κ1) is 41.1. The number of hydrogen-bond acceptors (Lipinski definition) is 10. The van der Waals surface area contributed by atoms with Crippen molar-refractivity contribution in [3.63, 3.8) is 0 Å². The summed E-state index contributed by atoms with van der Waals surface area (Å²) < 4.78 is 47.3.